The van der Waals surface area contributed by atoms with E-state index in [0.717, 1.165) is 38.2 Å². The first-order valence-electron chi connectivity index (χ1n) is 6.51. The lowest BCUT2D eigenvalue weighted by Gasteiger charge is -2.33. The lowest BCUT2D eigenvalue weighted by atomic mass is 9.90. The topological polar surface area (TPSA) is 39.1 Å². The second-order valence-corrected chi connectivity index (χ2v) is 4.94. The van der Waals surface area contributed by atoms with Crippen LogP contribution in [0.15, 0.2) is 12.4 Å². The monoisotopic (exact) mass is 237 g/mol. The minimum atomic E-state index is -0.0424. The average Bonchev–Trinajstić information content (AvgIpc) is 2.95. The Morgan fingerprint density at radius 3 is 3.06 bits per heavy atom. The number of nitrogens with zero attached hydrogens (tertiary/aromatic N) is 2. The molecule has 2 atom stereocenters. The molecule has 17 heavy (non-hydrogen) atoms. The van der Waals surface area contributed by atoms with E-state index in [9.17, 15) is 0 Å². The van der Waals surface area contributed by atoms with Crippen molar-refractivity contribution in [2.45, 2.75) is 51.3 Å². The lowest BCUT2D eigenvalue weighted by Crippen LogP contribution is -2.48. The smallest absolute Gasteiger partial charge is 0.110 e. The zero-order valence-electron chi connectivity index (χ0n) is 11.1. The predicted octanol–water partition coefficient (Wildman–Crippen LogP) is 1.60. The Bertz CT molecular complexity index is 355. The van der Waals surface area contributed by atoms with Crippen molar-refractivity contribution in [2.75, 3.05) is 13.7 Å². The summed E-state index contributed by atoms with van der Waals surface area (Å²) in [5, 5.41) is 3.40. The molecule has 1 aromatic rings. The average molecular weight is 237 g/mol. The molecule has 1 aliphatic heterocycles. The summed E-state index contributed by atoms with van der Waals surface area (Å²) in [6.07, 6.45) is 7.14. The Morgan fingerprint density at radius 1 is 1.65 bits per heavy atom. The van der Waals surface area contributed by atoms with Crippen LogP contribution in [0.3, 0.4) is 0 Å². The first-order chi connectivity index (χ1) is 8.19. The third-order valence-corrected chi connectivity index (χ3v) is 3.86. The third-order valence-electron chi connectivity index (χ3n) is 3.86. The van der Waals surface area contributed by atoms with Gasteiger partial charge >= 0.3 is 0 Å². The molecular formula is C13H23N3O. The normalized spacial score (nSPS) is 26.3. The van der Waals surface area contributed by atoms with Crippen LogP contribution < -0.4 is 5.32 Å². The van der Waals surface area contributed by atoms with Crippen LogP contribution in [-0.2, 0) is 17.7 Å². The van der Waals surface area contributed by atoms with Crippen LogP contribution in [0.5, 0.6) is 0 Å². The fourth-order valence-electron chi connectivity index (χ4n) is 2.70. The van der Waals surface area contributed by atoms with Gasteiger partial charge in [0.05, 0.1) is 5.60 Å². The molecule has 0 radical (unpaired) electrons. The van der Waals surface area contributed by atoms with E-state index in [1.807, 2.05) is 19.4 Å². The van der Waals surface area contributed by atoms with E-state index in [1.54, 1.807) is 0 Å². The maximum Gasteiger partial charge on any atom is 0.110 e. The Morgan fingerprint density at radius 2 is 2.47 bits per heavy atom. The second-order valence-electron chi connectivity index (χ2n) is 4.94. The molecular weight excluding hydrogens is 214 g/mol. The number of hydrogen-bond donors (Lipinski definition) is 1. The highest BCUT2D eigenvalue weighted by atomic mass is 16.5. The zero-order chi connectivity index (χ0) is 12.3. The van der Waals surface area contributed by atoms with Crippen LogP contribution >= 0.6 is 0 Å². The van der Waals surface area contributed by atoms with Crippen molar-refractivity contribution in [1.82, 2.24) is 14.9 Å². The zero-order valence-corrected chi connectivity index (χ0v) is 11.1. The number of aryl methyl sites for hydroxylation is 1. The summed E-state index contributed by atoms with van der Waals surface area (Å²) < 4.78 is 8.11. The van der Waals surface area contributed by atoms with Gasteiger partial charge in [0.1, 0.15) is 5.82 Å². The van der Waals surface area contributed by atoms with E-state index in [1.165, 1.54) is 0 Å². The Hall–Kier alpha value is -0.870. The van der Waals surface area contributed by atoms with Gasteiger partial charge in [-0.3, -0.25) is 0 Å². The quantitative estimate of drug-likeness (QED) is 0.845. The van der Waals surface area contributed by atoms with Crippen LogP contribution in [0.4, 0.5) is 0 Å². The van der Waals surface area contributed by atoms with Gasteiger partial charge in [0.15, 0.2) is 0 Å². The number of ether oxygens (including phenoxy) is 1. The van der Waals surface area contributed by atoms with Gasteiger partial charge < -0.3 is 14.6 Å². The van der Waals surface area contributed by atoms with Crippen LogP contribution in [0.2, 0.25) is 0 Å². The molecule has 1 N–H and O–H groups in total. The highest BCUT2D eigenvalue weighted by Crippen LogP contribution is 2.29. The van der Waals surface area contributed by atoms with E-state index in [2.05, 4.69) is 28.7 Å². The summed E-state index contributed by atoms with van der Waals surface area (Å²) >= 11 is 0. The molecule has 2 rings (SSSR count). The van der Waals surface area contributed by atoms with Crippen LogP contribution in [-0.4, -0.2) is 34.8 Å². The molecule has 96 valence electrons. The van der Waals surface area contributed by atoms with E-state index >= 15 is 0 Å². The Kier molecular flexibility index (Phi) is 3.84. The van der Waals surface area contributed by atoms with Gasteiger partial charge in [-0.25, -0.2) is 4.98 Å². The van der Waals surface area contributed by atoms with Gasteiger partial charge in [-0.15, -0.1) is 0 Å². The largest absolute Gasteiger partial charge is 0.374 e. The van der Waals surface area contributed by atoms with Gasteiger partial charge in [0, 0.05) is 38.0 Å². The van der Waals surface area contributed by atoms with Gasteiger partial charge in [0.2, 0.25) is 0 Å². The van der Waals surface area contributed by atoms with Gasteiger partial charge in [0.25, 0.3) is 0 Å². The first kappa shape index (κ1) is 12.6. The van der Waals surface area contributed by atoms with E-state index < -0.39 is 0 Å². The highest BCUT2D eigenvalue weighted by molar-refractivity contribution is 5.01. The van der Waals surface area contributed by atoms with Crippen molar-refractivity contribution in [3.05, 3.63) is 18.2 Å². The molecule has 1 saturated heterocycles. The van der Waals surface area contributed by atoms with E-state index in [-0.39, 0.29) is 5.60 Å². The summed E-state index contributed by atoms with van der Waals surface area (Å²) in [6, 6.07) is 0.331. The molecule has 2 heterocycles. The molecule has 0 aromatic carbocycles. The summed E-state index contributed by atoms with van der Waals surface area (Å²) in [7, 11) is 2.01. The fraction of sp³-hybridized carbons (Fsp3) is 0.769. The maximum absolute atomic E-state index is 5.92. The number of imidazole rings is 1. The molecule has 4 heteroatoms. The number of hydrogen-bond acceptors (Lipinski definition) is 3. The minimum Gasteiger partial charge on any atom is -0.374 e. The second kappa shape index (κ2) is 5.19. The molecule has 1 aromatic heterocycles. The molecule has 0 amide bonds. The molecule has 0 bridgehead atoms. The molecule has 4 nitrogen and oxygen atoms in total. The van der Waals surface area contributed by atoms with Gasteiger partial charge in [-0.1, -0.05) is 0 Å². The third kappa shape index (κ3) is 2.53. The molecule has 2 unspecified atom stereocenters. The van der Waals surface area contributed by atoms with Crippen molar-refractivity contribution in [1.29, 1.82) is 0 Å². The van der Waals surface area contributed by atoms with Crippen LogP contribution in [0.1, 0.15) is 32.5 Å². The van der Waals surface area contributed by atoms with Crippen molar-refractivity contribution < 1.29 is 4.74 Å². The molecule has 0 saturated carbocycles. The van der Waals surface area contributed by atoms with E-state index in [0.29, 0.717) is 6.04 Å². The summed E-state index contributed by atoms with van der Waals surface area (Å²) in [4.78, 5) is 4.44. The Balaban J connectivity index is 2.09. The molecule has 1 aliphatic rings. The SMILES string of the molecule is CCn1ccnc1CC(NC)C1(C)CCCO1. The maximum atomic E-state index is 5.92. The summed E-state index contributed by atoms with van der Waals surface area (Å²) in [5.74, 6) is 1.14. The minimum absolute atomic E-state index is 0.0424. The lowest BCUT2D eigenvalue weighted by molar-refractivity contribution is -0.0101. The Labute approximate surface area is 103 Å². The first-order valence-corrected chi connectivity index (χ1v) is 6.51. The standard InChI is InChI=1S/C13H23N3O/c1-4-16-8-7-15-12(16)10-11(14-3)13(2)6-5-9-17-13/h7-8,11,14H,4-6,9-10H2,1-3H3. The number of nitrogens with one attached hydrogen (secondary N) is 1. The number of rotatable bonds is 5. The molecule has 1 fully saturated rings. The van der Waals surface area contributed by atoms with Crippen molar-refractivity contribution in [2.24, 2.45) is 0 Å². The van der Waals surface area contributed by atoms with E-state index in [4.69, 9.17) is 4.74 Å². The van der Waals surface area contributed by atoms with Crippen molar-refractivity contribution >= 4 is 0 Å². The number of aromatic nitrogens is 2. The van der Waals surface area contributed by atoms with Gasteiger partial charge in [-0.05, 0) is 33.7 Å². The fourth-order valence-corrected chi connectivity index (χ4v) is 2.70. The van der Waals surface area contributed by atoms with Gasteiger partial charge in [-0.2, -0.15) is 0 Å². The van der Waals surface area contributed by atoms with Crippen molar-refractivity contribution in [3.8, 4) is 0 Å². The predicted molar refractivity (Wildman–Crippen MR) is 68.0 cm³/mol. The highest BCUT2D eigenvalue weighted by Gasteiger charge is 2.38. The summed E-state index contributed by atoms with van der Waals surface area (Å²) in [5.41, 5.74) is -0.0424. The number of likely N-dealkylation sites (N-methyl/N-ethyl adjacent to an activating group) is 1. The molecule has 0 spiro atoms. The van der Waals surface area contributed by atoms with Crippen LogP contribution in [0, 0.1) is 0 Å². The van der Waals surface area contributed by atoms with Crippen LogP contribution in [0.25, 0.3) is 0 Å². The summed E-state index contributed by atoms with van der Waals surface area (Å²) in [6.45, 7) is 6.22. The van der Waals surface area contributed by atoms with Crippen molar-refractivity contribution in [3.63, 3.8) is 0 Å². The molecule has 0 aliphatic carbocycles.